The monoisotopic (exact) mass is 327 g/mol. The lowest BCUT2D eigenvalue weighted by atomic mass is 10.3. The quantitative estimate of drug-likeness (QED) is 0.703. The predicted octanol–water partition coefficient (Wildman–Crippen LogP) is 1.12. The first-order valence-corrected chi connectivity index (χ1v) is 8.28. The van der Waals surface area contributed by atoms with Gasteiger partial charge in [-0.05, 0) is 23.6 Å². The number of carbonyl (C=O) groups is 1. The molecule has 0 saturated carbocycles. The van der Waals surface area contributed by atoms with Crippen molar-refractivity contribution in [2.75, 3.05) is 11.9 Å². The van der Waals surface area contributed by atoms with Crippen LogP contribution >= 0.6 is 11.3 Å². The molecule has 112 valence electrons. The molecular weight excluding hydrogens is 314 g/mol. The summed E-state index contributed by atoms with van der Waals surface area (Å²) in [5.41, 5.74) is 0.491. The standard InChI is InChI=1S/C12H13N3O4S2/c16-11(17)8-13-10-4-1-3-9(15-10)7-14-21(18,19)12-5-2-6-20-12/h1-6,14H,7-8H2,(H,13,15)(H,16,17). The van der Waals surface area contributed by atoms with Crippen molar-refractivity contribution in [2.24, 2.45) is 0 Å². The Morgan fingerprint density at radius 1 is 1.29 bits per heavy atom. The van der Waals surface area contributed by atoms with Crippen LogP contribution in [0.3, 0.4) is 0 Å². The lowest BCUT2D eigenvalue weighted by Gasteiger charge is -2.07. The number of anilines is 1. The maximum atomic E-state index is 11.9. The van der Waals surface area contributed by atoms with Crippen molar-refractivity contribution in [1.82, 2.24) is 9.71 Å². The normalized spacial score (nSPS) is 11.2. The van der Waals surface area contributed by atoms with Gasteiger partial charge in [0, 0.05) is 0 Å². The van der Waals surface area contributed by atoms with Gasteiger partial charge in [-0.15, -0.1) is 11.3 Å². The minimum absolute atomic E-state index is 0.0306. The largest absolute Gasteiger partial charge is 0.480 e. The van der Waals surface area contributed by atoms with E-state index in [-0.39, 0.29) is 17.3 Å². The molecule has 7 nitrogen and oxygen atoms in total. The Morgan fingerprint density at radius 2 is 2.10 bits per heavy atom. The summed E-state index contributed by atoms with van der Waals surface area (Å²) in [4.78, 5) is 14.6. The molecule has 0 amide bonds. The zero-order valence-corrected chi connectivity index (χ0v) is 12.4. The molecule has 2 heterocycles. The Kier molecular flexibility index (Phi) is 4.89. The molecule has 0 unspecified atom stereocenters. The van der Waals surface area contributed by atoms with Gasteiger partial charge in [0.15, 0.2) is 0 Å². The molecule has 21 heavy (non-hydrogen) atoms. The van der Waals surface area contributed by atoms with E-state index in [2.05, 4.69) is 15.0 Å². The summed E-state index contributed by atoms with van der Waals surface area (Å²) < 4.78 is 26.6. The SMILES string of the molecule is O=C(O)CNc1cccc(CNS(=O)(=O)c2cccs2)n1. The number of carboxylic acid groups (broad SMARTS) is 1. The summed E-state index contributed by atoms with van der Waals surface area (Å²) in [7, 11) is -3.54. The van der Waals surface area contributed by atoms with Crippen LogP contribution in [0.2, 0.25) is 0 Å². The number of hydrogen-bond acceptors (Lipinski definition) is 6. The Labute approximate surface area is 125 Å². The molecule has 2 aromatic rings. The van der Waals surface area contributed by atoms with Crippen LogP contribution in [-0.4, -0.2) is 31.0 Å². The van der Waals surface area contributed by atoms with Gasteiger partial charge in [0.25, 0.3) is 0 Å². The predicted molar refractivity (Wildman–Crippen MR) is 78.7 cm³/mol. The zero-order chi connectivity index (χ0) is 15.3. The minimum atomic E-state index is -3.54. The summed E-state index contributed by atoms with van der Waals surface area (Å²) in [6.45, 7) is -0.222. The molecule has 0 fully saturated rings. The summed E-state index contributed by atoms with van der Waals surface area (Å²) in [5, 5.41) is 12.9. The molecular formula is C12H13N3O4S2. The number of aromatic nitrogens is 1. The van der Waals surface area contributed by atoms with Gasteiger partial charge in [-0.3, -0.25) is 4.79 Å². The first-order chi connectivity index (χ1) is 9.97. The maximum Gasteiger partial charge on any atom is 0.322 e. The van der Waals surface area contributed by atoms with Gasteiger partial charge < -0.3 is 10.4 Å². The van der Waals surface area contributed by atoms with Crippen molar-refractivity contribution < 1.29 is 18.3 Å². The number of pyridine rings is 1. The van der Waals surface area contributed by atoms with Crippen LogP contribution in [0.4, 0.5) is 5.82 Å². The van der Waals surface area contributed by atoms with Crippen LogP contribution in [0.1, 0.15) is 5.69 Å². The molecule has 0 aliphatic carbocycles. The number of thiophene rings is 1. The molecule has 0 spiro atoms. The molecule has 0 atom stereocenters. The fourth-order valence-electron chi connectivity index (χ4n) is 1.50. The second kappa shape index (κ2) is 6.66. The number of rotatable bonds is 7. The van der Waals surface area contributed by atoms with Crippen molar-refractivity contribution in [2.45, 2.75) is 10.8 Å². The molecule has 9 heteroatoms. The second-order valence-electron chi connectivity index (χ2n) is 4.02. The van der Waals surface area contributed by atoms with E-state index in [1.165, 1.54) is 6.07 Å². The Balaban J connectivity index is 2.00. The zero-order valence-electron chi connectivity index (χ0n) is 10.8. The third kappa shape index (κ3) is 4.52. The number of aliphatic carboxylic acids is 1. The van der Waals surface area contributed by atoms with Gasteiger partial charge in [0.2, 0.25) is 10.0 Å². The topological polar surface area (TPSA) is 108 Å². The van der Waals surface area contributed by atoms with Gasteiger partial charge in [0.1, 0.15) is 16.6 Å². The lowest BCUT2D eigenvalue weighted by molar-refractivity contribution is -0.134. The number of nitrogens with zero attached hydrogens (tertiary/aromatic N) is 1. The van der Waals surface area contributed by atoms with Crippen LogP contribution in [0, 0.1) is 0 Å². The van der Waals surface area contributed by atoms with Crippen LogP contribution in [-0.2, 0) is 21.4 Å². The maximum absolute atomic E-state index is 11.9. The van der Waals surface area contributed by atoms with Crippen LogP contribution in [0.5, 0.6) is 0 Å². The van der Waals surface area contributed by atoms with Gasteiger partial charge in [0.05, 0.1) is 12.2 Å². The first kappa shape index (κ1) is 15.4. The van der Waals surface area contributed by atoms with E-state index in [0.717, 1.165) is 11.3 Å². The third-order valence-electron chi connectivity index (χ3n) is 2.43. The number of nitrogens with one attached hydrogen (secondary N) is 2. The molecule has 2 aromatic heterocycles. The smallest absolute Gasteiger partial charge is 0.322 e. The first-order valence-electron chi connectivity index (χ1n) is 5.92. The summed E-state index contributed by atoms with van der Waals surface area (Å²) >= 11 is 1.13. The summed E-state index contributed by atoms with van der Waals surface area (Å²) in [6, 6.07) is 8.12. The average molecular weight is 327 g/mol. The van der Waals surface area contributed by atoms with E-state index in [1.807, 2.05) is 0 Å². The van der Waals surface area contributed by atoms with Crippen molar-refractivity contribution in [3.05, 3.63) is 41.4 Å². The van der Waals surface area contributed by atoms with Crippen molar-refractivity contribution in [3.63, 3.8) is 0 Å². The number of hydrogen-bond donors (Lipinski definition) is 3. The van der Waals surface area contributed by atoms with E-state index < -0.39 is 16.0 Å². The van der Waals surface area contributed by atoms with E-state index in [0.29, 0.717) is 11.5 Å². The van der Waals surface area contributed by atoms with Crippen molar-refractivity contribution >= 4 is 33.1 Å². The van der Waals surface area contributed by atoms with E-state index in [9.17, 15) is 13.2 Å². The average Bonchev–Trinajstić information content (AvgIpc) is 2.98. The summed E-state index contributed by atoms with van der Waals surface area (Å²) in [5.74, 6) is -0.620. The minimum Gasteiger partial charge on any atom is -0.480 e. The van der Waals surface area contributed by atoms with E-state index in [1.54, 1.807) is 29.6 Å². The van der Waals surface area contributed by atoms with Gasteiger partial charge >= 0.3 is 5.97 Å². The van der Waals surface area contributed by atoms with Gasteiger partial charge in [-0.25, -0.2) is 18.1 Å². The Bertz CT molecular complexity index is 714. The van der Waals surface area contributed by atoms with Crippen LogP contribution in [0.15, 0.2) is 39.9 Å². The van der Waals surface area contributed by atoms with Crippen molar-refractivity contribution in [1.29, 1.82) is 0 Å². The highest BCUT2D eigenvalue weighted by atomic mass is 32.2. The molecule has 0 aliphatic rings. The number of carboxylic acids is 1. The Hall–Kier alpha value is -1.97. The van der Waals surface area contributed by atoms with Crippen molar-refractivity contribution in [3.8, 4) is 0 Å². The molecule has 2 rings (SSSR count). The molecule has 0 aliphatic heterocycles. The molecule has 0 saturated heterocycles. The molecule has 0 aromatic carbocycles. The fourth-order valence-corrected chi connectivity index (χ4v) is 3.54. The van der Waals surface area contributed by atoms with Crippen LogP contribution < -0.4 is 10.0 Å². The van der Waals surface area contributed by atoms with Crippen LogP contribution in [0.25, 0.3) is 0 Å². The summed E-state index contributed by atoms with van der Waals surface area (Å²) in [6.07, 6.45) is 0. The van der Waals surface area contributed by atoms with Gasteiger partial charge in [-0.2, -0.15) is 0 Å². The van der Waals surface area contributed by atoms with E-state index >= 15 is 0 Å². The molecule has 0 bridgehead atoms. The number of sulfonamides is 1. The third-order valence-corrected chi connectivity index (χ3v) is 5.23. The highest BCUT2D eigenvalue weighted by molar-refractivity contribution is 7.91. The lowest BCUT2D eigenvalue weighted by Crippen LogP contribution is -2.23. The van der Waals surface area contributed by atoms with Gasteiger partial charge in [-0.1, -0.05) is 12.1 Å². The molecule has 3 N–H and O–H groups in total. The second-order valence-corrected chi connectivity index (χ2v) is 6.96. The fraction of sp³-hybridized carbons (Fsp3) is 0.167. The van der Waals surface area contributed by atoms with E-state index in [4.69, 9.17) is 5.11 Å². The Morgan fingerprint density at radius 3 is 2.76 bits per heavy atom. The highest BCUT2D eigenvalue weighted by Gasteiger charge is 2.14. The highest BCUT2D eigenvalue weighted by Crippen LogP contribution is 2.15. The molecule has 0 radical (unpaired) electrons.